The van der Waals surface area contributed by atoms with Crippen LogP contribution >= 0.6 is 0 Å². The summed E-state index contributed by atoms with van der Waals surface area (Å²) in [6.45, 7) is 17.3. The molecule has 0 bridgehead atoms. The van der Waals surface area contributed by atoms with E-state index in [4.69, 9.17) is 23.7 Å². The van der Waals surface area contributed by atoms with Gasteiger partial charge >= 0.3 is 0 Å². The van der Waals surface area contributed by atoms with E-state index in [9.17, 15) is 0 Å². The Morgan fingerprint density at radius 1 is 0.404 bits per heavy atom. The van der Waals surface area contributed by atoms with Crippen LogP contribution in [0.1, 0.15) is 103 Å². The minimum Gasteiger partial charge on any atom is -0.487 e. The Bertz CT molecular complexity index is 1970. The van der Waals surface area contributed by atoms with Crippen molar-refractivity contribution in [2.75, 3.05) is 0 Å². The summed E-state index contributed by atoms with van der Waals surface area (Å²) in [5.41, 5.74) is 4.02. The summed E-state index contributed by atoms with van der Waals surface area (Å²) in [5.74, 6) is 4.14. The predicted molar refractivity (Wildman–Crippen MR) is 232 cm³/mol. The fraction of sp³-hybridized carbons (Fsp3) is 0.308. The summed E-state index contributed by atoms with van der Waals surface area (Å²) in [4.78, 5) is 0. The van der Waals surface area contributed by atoms with Gasteiger partial charge in [-0.2, -0.15) is 0 Å². The molecule has 6 rings (SSSR count). The van der Waals surface area contributed by atoms with Gasteiger partial charge in [-0.25, -0.2) is 0 Å². The van der Waals surface area contributed by atoms with Crippen LogP contribution in [0.15, 0.2) is 158 Å². The first-order valence-electron chi connectivity index (χ1n) is 20.2. The monoisotopic (exact) mass is 762 g/mol. The summed E-state index contributed by atoms with van der Waals surface area (Å²) in [6, 6.07) is 53.6. The third-order valence-electron chi connectivity index (χ3n) is 10.2. The van der Waals surface area contributed by atoms with Crippen LogP contribution in [0.5, 0.6) is 34.5 Å². The van der Waals surface area contributed by atoms with Crippen molar-refractivity contribution in [3.8, 4) is 34.5 Å². The zero-order valence-corrected chi connectivity index (χ0v) is 34.8. The molecule has 5 nitrogen and oxygen atoms in total. The fourth-order valence-electron chi connectivity index (χ4n) is 7.17. The Morgan fingerprint density at radius 2 is 0.737 bits per heavy atom. The maximum atomic E-state index is 7.60. The lowest BCUT2D eigenvalue weighted by Gasteiger charge is -2.36. The van der Waals surface area contributed by atoms with Crippen LogP contribution in [0.2, 0.25) is 0 Å². The molecular weight excluding hydrogens is 705 g/mol. The molecule has 0 fully saturated rings. The Morgan fingerprint density at radius 3 is 1.07 bits per heavy atom. The lowest BCUT2D eigenvalue weighted by atomic mass is 9.77. The molecule has 0 saturated carbocycles. The van der Waals surface area contributed by atoms with Crippen molar-refractivity contribution >= 4 is 0 Å². The molecule has 296 valence electrons. The summed E-state index contributed by atoms with van der Waals surface area (Å²) in [7, 11) is 0. The van der Waals surface area contributed by atoms with E-state index in [2.05, 4.69) is 113 Å². The van der Waals surface area contributed by atoms with Gasteiger partial charge in [0.2, 0.25) is 0 Å². The van der Waals surface area contributed by atoms with Crippen LogP contribution in [-0.4, -0.2) is 12.2 Å². The van der Waals surface area contributed by atoms with Gasteiger partial charge in [-0.05, 0) is 122 Å². The molecule has 0 aromatic heterocycles. The smallest absolute Gasteiger partial charge is 0.169 e. The number of hydrogen-bond acceptors (Lipinski definition) is 5. The summed E-state index contributed by atoms with van der Waals surface area (Å²) >= 11 is 0. The highest BCUT2D eigenvalue weighted by molar-refractivity contribution is 5.48. The van der Waals surface area contributed by atoms with Crippen LogP contribution in [0.3, 0.4) is 0 Å². The van der Waals surface area contributed by atoms with Gasteiger partial charge in [0.15, 0.2) is 23.0 Å². The van der Waals surface area contributed by atoms with Gasteiger partial charge in [-0.3, -0.25) is 0 Å². The van der Waals surface area contributed by atoms with Gasteiger partial charge < -0.3 is 23.7 Å². The lowest BCUT2D eigenvalue weighted by molar-refractivity contribution is -0.0413. The zero-order valence-electron chi connectivity index (χ0n) is 34.8. The van der Waals surface area contributed by atoms with Crippen molar-refractivity contribution in [1.82, 2.24) is 0 Å². The van der Waals surface area contributed by atoms with Crippen molar-refractivity contribution in [1.29, 1.82) is 0 Å². The van der Waals surface area contributed by atoms with Crippen LogP contribution < -0.4 is 18.9 Å². The highest BCUT2D eigenvalue weighted by Gasteiger charge is 2.34. The number of hydrogen-bond donors (Lipinski definition) is 0. The maximum absolute atomic E-state index is 7.60. The molecule has 2 atom stereocenters. The number of ether oxygens (including phenoxy) is 5. The molecule has 0 radical (unpaired) electrons. The predicted octanol–water partition coefficient (Wildman–Crippen LogP) is 14.4. The van der Waals surface area contributed by atoms with Gasteiger partial charge in [-0.15, -0.1) is 0 Å². The van der Waals surface area contributed by atoms with Gasteiger partial charge in [-0.1, -0.05) is 137 Å². The Kier molecular flexibility index (Phi) is 13.4. The van der Waals surface area contributed by atoms with E-state index in [1.165, 1.54) is 11.1 Å². The summed E-state index contributed by atoms with van der Waals surface area (Å²) in [6.07, 6.45) is 0.670. The largest absolute Gasteiger partial charge is 0.487 e. The topological polar surface area (TPSA) is 46.2 Å². The lowest BCUT2D eigenvalue weighted by Crippen LogP contribution is -2.26. The highest BCUT2D eigenvalue weighted by Crippen LogP contribution is 2.46. The Hall–Kier alpha value is -5.52. The van der Waals surface area contributed by atoms with Gasteiger partial charge in [0.1, 0.15) is 11.5 Å². The molecule has 6 aromatic carbocycles. The van der Waals surface area contributed by atoms with Crippen molar-refractivity contribution in [3.63, 3.8) is 0 Å². The molecule has 0 N–H and O–H groups in total. The fourth-order valence-corrected chi connectivity index (χ4v) is 7.17. The molecule has 0 spiro atoms. The first-order chi connectivity index (χ1) is 27.4. The molecule has 57 heavy (non-hydrogen) atoms. The van der Waals surface area contributed by atoms with Gasteiger partial charge in [0.05, 0.1) is 24.4 Å². The van der Waals surface area contributed by atoms with E-state index in [1.54, 1.807) is 0 Å². The molecule has 0 heterocycles. The molecule has 0 amide bonds. The van der Waals surface area contributed by atoms with Gasteiger partial charge in [0, 0.05) is 0 Å². The minimum atomic E-state index is -0.340. The van der Waals surface area contributed by atoms with E-state index in [0.717, 1.165) is 22.6 Å². The first-order valence-corrected chi connectivity index (χ1v) is 20.2. The number of para-hydroxylation sites is 2. The van der Waals surface area contributed by atoms with Crippen LogP contribution in [0, 0.1) is 0 Å². The molecule has 0 aliphatic rings. The second-order valence-electron chi connectivity index (χ2n) is 16.6. The molecule has 0 aliphatic heterocycles. The quantitative estimate of drug-likeness (QED) is 0.0872. The zero-order chi connectivity index (χ0) is 40.4. The number of benzene rings is 6. The second kappa shape index (κ2) is 18.6. The second-order valence-corrected chi connectivity index (χ2v) is 16.6. The van der Waals surface area contributed by atoms with E-state index >= 15 is 0 Å². The van der Waals surface area contributed by atoms with Crippen LogP contribution in [-0.2, 0) is 15.6 Å². The standard InChI is InChI=1S/C52H58O5/c1-37(2)53-45-31-29-39(33-47(45)55-43-25-17-11-18-26-43)49(35-51(5,6)41-21-13-9-14-22-41)57-50(36-52(7,8)42-23-15-10-16-24-42)40-30-32-46(54-38(3)4)48(34-40)56-44-27-19-12-20-28-44/h9-34,37-38,49-50H,35-36H2,1-8H3. The molecule has 5 heteroatoms. The maximum Gasteiger partial charge on any atom is 0.169 e. The van der Waals surface area contributed by atoms with E-state index in [0.29, 0.717) is 35.8 Å². The van der Waals surface area contributed by atoms with E-state index < -0.39 is 0 Å². The molecule has 6 aromatic rings. The van der Waals surface area contributed by atoms with Crippen molar-refractivity contribution < 1.29 is 23.7 Å². The van der Waals surface area contributed by atoms with Gasteiger partial charge in [0.25, 0.3) is 0 Å². The van der Waals surface area contributed by atoms with E-state index in [-0.39, 0.29) is 35.2 Å². The van der Waals surface area contributed by atoms with Crippen molar-refractivity contribution in [2.45, 2.75) is 103 Å². The third-order valence-corrected chi connectivity index (χ3v) is 10.2. The highest BCUT2D eigenvalue weighted by atomic mass is 16.5. The third kappa shape index (κ3) is 11.3. The van der Waals surface area contributed by atoms with Crippen molar-refractivity contribution in [2.24, 2.45) is 0 Å². The minimum absolute atomic E-state index is 0.0300. The summed E-state index contributed by atoms with van der Waals surface area (Å²) in [5, 5.41) is 0. The molecule has 0 saturated heterocycles. The SMILES string of the molecule is CC(C)Oc1ccc(C(CC(C)(C)c2ccccc2)OC(CC(C)(C)c2ccccc2)c2ccc(OC(C)C)c(Oc3ccccc3)c2)cc1Oc1ccccc1. The molecule has 0 aliphatic carbocycles. The Labute approximate surface area is 340 Å². The number of rotatable bonds is 18. The Balaban J connectivity index is 1.48. The molecular formula is C52H58O5. The van der Waals surface area contributed by atoms with Crippen LogP contribution in [0.4, 0.5) is 0 Å². The van der Waals surface area contributed by atoms with E-state index in [1.807, 2.05) is 100 Å². The normalized spacial score (nSPS) is 12.9. The van der Waals surface area contributed by atoms with Crippen LogP contribution in [0.25, 0.3) is 0 Å². The molecule has 2 unspecified atom stereocenters. The first kappa shape index (κ1) is 41.1. The summed E-state index contributed by atoms with van der Waals surface area (Å²) < 4.78 is 33.3. The van der Waals surface area contributed by atoms with Crippen molar-refractivity contribution in [3.05, 3.63) is 180 Å². The average Bonchev–Trinajstić information content (AvgIpc) is 3.19. The average molecular weight is 763 g/mol.